The molecule has 0 atom stereocenters. The van der Waals surface area contributed by atoms with Gasteiger partial charge in [0, 0.05) is 31.5 Å². The second-order valence-corrected chi connectivity index (χ2v) is 10.3. The molecule has 1 fully saturated rings. The fourth-order valence-corrected chi connectivity index (χ4v) is 5.04. The lowest BCUT2D eigenvalue weighted by Gasteiger charge is -2.28. The average molecular weight is 418 g/mol. The van der Waals surface area contributed by atoms with Crippen LogP contribution in [-0.2, 0) is 28.4 Å². The van der Waals surface area contributed by atoms with Crippen molar-refractivity contribution in [3.05, 3.63) is 53.9 Å². The van der Waals surface area contributed by atoms with Crippen LogP contribution in [0.2, 0.25) is 0 Å². The minimum atomic E-state index is -3.70. The van der Waals surface area contributed by atoms with Gasteiger partial charge in [0.05, 0.1) is 18.0 Å². The molecule has 0 spiro atoms. The van der Waals surface area contributed by atoms with Crippen LogP contribution in [0.15, 0.2) is 47.5 Å². The predicted molar refractivity (Wildman–Crippen MR) is 114 cm³/mol. The molecule has 7 heteroatoms. The van der Waals surface area contributed by atoms with Crippen LogP contribution >= 0.6 is 0 Å². The third-order valence-corrected chi connectivity index (χ3v) is 7.13. The zero-order valence-electron chi connectivity index (χ0n) is 17.7. The number of hydrogen-bond donors (Lipinski definition) is 0. The lowest BCUT2D eigenvalue weighted by atomic mass is 10.2. The summed E-state index contributed by atoms with van der Waals surface area (Å²) in [6.07, 6.45) is 3.56. The molecule has 29 heavy (non-hydrogen) atoms. The van der Waals surface area contributed by atoms with Gasteiger partial charge in [0.1, 0.15) is 0 Å². The van der Waals surface area contributed by atoms with Gasteiger partial charge in [0.2, 0.25) is 15.9 Å². The largest absolute Gasteiger partial charge is 0.353 e. The minimum absolute atomic E-state index is 0.0822. The van der Waals surface area contributed by atoms with Gasteiger partial charge in [0.15, 0.2) is 0 Å². The van der Waals surface area contributed by atoms with Crippen molar-refractivity contribution in [3.63, 3.8) is 0 Å². The van der Waals surface area contributed by atoms with Crippen molar-refractivity contribution < 1.29 is 13.2 Å². The summed E-state index contributed by atoms with van der Waals surface area (Å²) < 4.78 is 29.8. The summed E-state index contributed by atoms with van der Waals surface area (Å²) in [4.78, 5) is 15.2. The zero-order chi connectivity index (χ0) is 21.2. The average Bonchev–Trinajstić information content (AvgIpc) is 3.41. The van der Waals surface area contributed by atoms with E-state index >= 15 is 0 Å². The van der Waals surface area contributed by atoms with E-state index in [1.807, 2.05) is 36.9 Å². The SMILES string of the molecule is Cc1ccc(S(=O)(=O)N(CC(=O)N(Cc2cccn2C)CC(C)C)C2CC2)cc1. The summed E-state index contributed by atoms with van der Waals surface area (Å²) in [7, 11) is -1.75. The van der Waals surface area contributed by atoms with E-state index in [1.165, 1.54) is 4.31 Å². The number of carbonyl (C=O) groups is 1. The number of hydrogen-bond acceptors (Lipinski definition) is 3. The molecular formula is C22H31N3O3S. The monoisotopic (exact) mass is 417 g/mol. The Morgan fingerprint density at radius 3 is 2.34 bits per heavy atom. The van der Waals surface area contributed by atoms with Crippen LogP contribution in [0, 0.1) is 12.8 Å². The van der Waals surface area contributed by atoms with E-state index in [1.54, 1.807) is 29.2 Å². The Hall–Kier alpha value is -2.12. The molecule has 1 aliphatic rings. The van der Waals surface area contributed by atoms with Crippen molar-refractivity contribution in [2.24, 2.45) is 13.0 Å². The van der Waals surface area contributed by atoms with Gasteiger partial charge in [0.25, 0.3) is 0 Å². The molecule has 0 bridgehead atoms. The molecule has 0 saturated heterocycles. The second kappa shape index (κ2) is 8.71. The molecule has 1 aliphatic carbocycles. The van der Waals surface area contributed by atoms with Crippen molar-refractivity contribution in [2.75, 3.05) is 13.1 Å². The maximum Gasteiger partial charge on any atom is 0.243 e. The van der Waals surface area contributed by atoms with Gasteiger partial charge in [-0.3, -0.25) is 4.79 Å². The summed E-state index contributed by atoms with van der Waals surface area (Å²) in [6.45, 7) is 7.00. The molecule has 0 aliphatic heterocycles. The van der Waals surface area contributed by atoms with Gasteiger partial charge in [-0.2, -0.15) is 4.31 Å². The number of aryl methyl sites for hydroxylation is 2. The van der Waals surface area contributed by atoms with E-state index in [-0.39, 0.29) is 23.4 Å². The zero-order valence-corrected chi connectivity index (χ0v) is 18.5. The predicted octanol–water partition coefficient (Wildman–Crippen LogP) is 3.17. The number of carbonyl (C=O) groups excluding carboxylic acids is 1. The van der Waals surface area contributed by atoms with Gasteiger partial charge in [-0.05, 0) is 49.9 Å². The number of sulfonamides is 1. The standard InChI is InChI=1S/C22H31N3O3S/c1-17(2)14-24(15-20-6-5-13-23(20)4)22(26)16-25(19-9-10-19)29(27,28)21-11-7-18(3)8-12-21/h5-8,11-13,17,19H,9-10,14-16H2,1-4H3. The topological polar surface area (TPSA) is 62.6 Å². The van der Waals surface area contributed by atoms with Crippen molar-refractivity contribution in [1.82, 2.24) is 13.8 Å². The summed E-state index contributed by atoms with van der Waals surface area (Å²) in [6, 6.07) is 10.7. The maximum atomic E-state index is 13.2. The van der Waals surface area contributed by atoms with Gasteiger partial charge < -0.3 is 9.47 Å². The third kappa shape index (κ3) is 5.28. The summed E-state index contributed by atoms with van der Waals surface area (Å²) in [5.74, 6) is 0.143. The smallest absolute Gasteiger partial charge is 0.243 e. The van der Waals surface area contributed by atoms with Crippen molar-refractivity contribution >= 4 is 15.9 Å². The van der Waals surface area contributed by atoms with E-state index in [0.717, 1.165) is 24.1 Å². The van der Waals surface area contributed by atoms with Crippen molar-refractivity contribution in [2.45, 2.75) is 51.1 Å². The fraction of sp³-hybridized carbons (Fsp3) is 0.500. The first-order valence-electron chi connectivity index (χ1n) is 10.1. The van der Waals surface area contributed by atoms with Crippen LogP contribution < -0.4 is 0 Å². The Balaban J connectivity index is 1.81. The highest BCUT2D eigenvalue weighted by Crippen LogP contribution is 2.32. The highest BCUT2D eigenvalue weighted by atomic mass is 32.2. The Morgan fingerprint density at radius 2 is 1.83 bits per heavy atom. The van der Waals surface area contributed by atoms with E-state index in [9.17, 15) is 13.2 Å². The second-order valence-electron chi connectivity index (χ2n) is 8.37. The fourth-order valence-electron chi connectivity index (χ4n) is 3.40. The molecule has 0 N–H and O–H groups in total. The van der Waals surface area contributed by atoms with Gasteiger partial charge in [-0.25, -0.2) is 8.42 Å². The first kappa shape index (κ1) is 21.6. The van der Waals surface area contributed by atoms with Crippen LogP contribution in [0.3, 0.4) is 0 Å². The quantitative estimate of drug-likeness (QED) is 0.630. The summed E-state index contributed by atoms with van der Waals surface area (Å²) in [5.41, 5.74) is 2.03. The Morgan fingerprint density at radius 1 is 1.17 bits per heavy atom. The molecule has 1 saturated carbocycles. The molecule has 3 rings (SSSR count). The molecule has 1 amide bonds. The van der Waals surface area contributed by atoms with Gasteiger partial charge >= 0.3 is 0 Å². The van der Waals surface area contributed by atoms with Crippen LogP contribution in [0.5, 0.6) is 0 Å². The Labute approximate surface area is 174 Å². The first-order chi connectivity index (χ1) is 13.7. The normalized spacial score (nSPS) is 14.6. The highest BCUT2D eigenvalue weighted by Gasteiger charge is 2.40. The summed E-state index contributed by atoms with van der Waals surface area (Å²) >= 11 is 0. The Kier molecular flexibility index (Phi) is 6.49. The van der Waals surface area contributed by atoms with Gasteiger partial charge in [-0.1, -0.05) is 31.5 Å². The van der Waals surface area contributed by atoms with Crippen molar-refractivity contribution in [1.29, 1.82) is 0 Å². The number of rotatable bonds is 9. The van der Waals surface area contributed by atoms with Gasteiger partial charge in [-0.15, -0.1) is 0 Å². The lowest BCUT2D eigenvalue weighted by Crippen LogP contribution is -2.44. The van der Waals surface area contributed by atoms with Crippen LogP contribution in [0.1, 0.15) is 37.9 Å². The number of aromatic nitrogens is 1. The molecule has 0 radical (unpaired) electrons. The van der Waals surface area contributed by atoms with E-state index in [0.29, 0.717) is 19.0 Å². The van der Waals surface area contributed by atoms with E-state index in [4.69, 9.17) is 0 Å². The number of nitrogens with zero attached hydrogens (tertiary/aromatic N) is 3. The molecule has 1 aromatic carbocycles. The molecule has 2 aromatic rings. The maximum absolute atomic E-state index is 13.2. The minimum Gasteiger partial charge on any atom is -0.353 e. The van der Waals surface area contributed by atoms with E-state index in [2.05, 4.69) is 13.8 Å². The molecular weight excluding hydrogens is 386 g/mol. The van der Waals surface area contributed by atoms with Crippen LogP contribution in [0.25, 0.3) is 0 Å². The molecule has 1 heterocycles. The molecule has 6 nitrogen and oxygen atoms in total. The lowest BCUT2D eigenvalue weighted by molar-refractivity contribution is -0.132. The van der Waals surface area contributed by atoms with Crippen LogP contribution in [-0.4, -0.2) is 47.2 Å². The molecule has 158 valence electrons. The Bertz CT molecular complexity index is 944. The molecule has 0 unspecified atom stereocenters. The highest BCUT2D eigenvalue weighted by molar-refractivity contribution is 7.89. The van der Waals surface area contributed by atoms with Crippen molar-refractivity contribution in [3.8, 4) is 0 Å². The number of amides is 1. The summed E-state index contributed by atoms with van der Waals surface area (Å²) in [5, 5.41) is 0. The first-order valence-corrected chi connectivity index (χ1v) is 11.6. The molecule has 1 aromatic heterocycles. The van der Waals surface area contributed by atoms with E-state index < -0.39 is 10.0 Å². The number of benzene rings is 1. The third-order valence-electron chi connectivity index (χ3n) is 5.22. The van der Waals surface area contributed by atoms with Crippen LogP contribution in [0.4, 0.5) is 0 Å².